The van der Waals surface area contributed by atoms with Crippen molar-refractivity contribution in [2.24, 2.45) is 0 Å². The van der Waals surface area contributed by atoms with Crippen molar-refractivity contribution in [1.82, 2.24) is 9.97 Å². The lowest BCUT2D eigenvalue weighted by Crippen LogP contribution is -2.37. The Kier molecular flexibility index (Phi) is 11.2. The highest BCUT2D eigenvalue weighted by Crippen LogP contribution is 2.40. The van der Waals surface area contributed by atoms with E-state index in [-0.39, 0.29) is 0 Å². The van der Waals surface area contributed by atoms with Gasteiger partial charge in [-0.15, -0.1) is 0 Å². The van der Waals surface area contributed by atoms with Crippen LogP contribution >= 0.6 is 0 Å². The lowest BCUT2D eigenvalue weighted by molar-refractivity contribution is -0.0260. The Hall–Kier alpha value is -2.94. The molecule has 1 aliphatic rings. The van der Waals surface area contributed by atoms with Gasteiger partial charge in [-0.3, -0.25) is 0 Å². The average Bonchev–Trinajstić information content (AvgIpc) is 2.92. The highest BCUT2D eigenvalue weighted by molar-refractivity contribution is 5.61. The molecule has 36 heavy (non-hydrogen) atoms. The number of carbonyl (C=O) groups is 1. The Morgan fingerprint density at radius 1 is 0.972 bits per heavy atom. The van der Waals surface area contributed by atoms with Gasteiger partial charge in [-0.1, -0.05) is 76.6 Å². The zero-order valence-electron chi connectivity index (χ0n) is 22.0. The number of nitrogens with zero attached hydrogens (tertiary/aromatic N) is 3. The van der Waals surface area contributed by atoms with Crippen LogP contribution in [0, 0.1) is 11.3 Å². The van der Waals surface area contributed by atoms with Crippen molar-refractivity contribution in [2.75, 3.05) is 6.61 Å². The molecule has 0 atom stereocenters. The fraction of sp³-hybridized carbons (Fsp3) is 0.600. The summed E-state index contributed by atoms with van der Waals surface area (Å²) in [6.45, 7) is 4.60. The lowest BCUT2D eigenvalue weighted by atomic mass is 9.76. The van der Waals surface area contributed by atoms with E-state index in [0.717, 1.165) is 43.5 Å². The standard InChI is InChI=1S/C30H41N3O3/c1-3-5-7-8-9-10-11-24-21-32-28(33-22-24)27-14-12-25(13-15-27)26-16-18-30(23-31,19-17-26)36-29(34)35-20-6-4-2/h12-15,21-22,26H,3-11,16-20H2,1-2H3/t26-,30+. The van der Waals surface area contributed by atoms with Crippen molar-refractivity contribution >= 4 is 6.16 Å². The van der Waals surface area contributed by atoms with Crippen LogP contribution in [0.5, 0.6) is 0 Å². The minimum Gasteiger partial charge on any atom is -0.434 e. The molecule has 3 rings (SSSR count). The number of aryl methyl sites for hydroxylation is 1. The Bertz CT molecular complexity index is 958. The maximum atomic E-state index is 12.0. The fourth-order valence-corrected chi connectivity index (χ4v) is 4.79. The molecule has 0 radical (unpaired) electrons. The Labute approximate surface area is 216 Å². The van der Waals surface area contributed by atoms with Crippen molar-refractivity contribution < 1.29 is 14.3 Å². The summed E-state index contributed by atoms with van der Waals surface area (Å²) >= 11 is 0. The van der Waals surface area contributed by atoms with E-state index in [1.165, 1.54) is 49.7 Å². The second-order valence-electron chi connectivity index (χ2n) is 9.99. The highest BCUT2D eigenvalue weighted by atomic mass is 16.7. The molecule has 1 aromatic heterocycles. The van der Waals surface area contributed by atoms with Crippen LogP contribution in [0.3, 0.4) is 0 Å². The Morgan fingerprint density at radius 3 is 2.25 bits per heavy atom. The van der Waals surface area contributed by atoms with Gasteiger partial charge in [0, 0.05) is 30.8 Å². The van der Waals surface area contributed by atoms with Crippen molar-refractivity contribution in [3.8, 4) is 17.5 Å². The second kappa shape index (κ2) is 14.6. The van der Waals surface area contributed by atoms with Crippen LogP contribution in [0.25, 0.3) is 11.4 Å². The summed E-state index contributed by atoms with van der Waals surface area (Å²) in [6, 6.07) is 10.6. The molecule has 6 nitrogen and oxygen atoms in total. The molecule has 0 amide bonds. The van der Waals surface area contributed by atoms with Crippen LogP contribution < -0.4 is 0 Å². The van der Waals surface area contributed by atoms with Gasteiger partial charge in [-0.2, -0.15) is 5.26 Å². The minimum atomic E-state index is -1.08. The largest absolute Gasteiger partial charge is 0.509 e. The van der Waals surface area contributed by atoms with Crippen LogP contribution in [-0.4, -0.2) is 28.3 Å². The highest BCUT2D eigenvalue weighted by Gasteiger charge is 2.40. The van der Waals surface area contributed by atoms with Crippen LogP contribution in [0.1, 0.15) is 108 Å². The molecule has 1 aromatic carbocycles. The normalized spacial score (nSPS) is 19.4. The lowest BCUT2D eigenvalue weighted by Gasteiger charge is -2.34. The first-order chi connectivity index (χ1) is 17.6. The first-order valence-electron chi connectivity index (χ1n) is 13.8. The van der Waals surface area contributed by atoms with Crippen LogP contribution in [0.4, 0.5) is 4.79 Å². The molecular formula is C30H41N3O3. The van der Waals surface area contributed by atoms with Gasteiger partial charge >= 0.3 is 6.16 Å². The van der Waals surface area contributed by atoms with Gasteiger partial charge in [0.05, 0.1) is 6.61 Å². The summed E-state index contributed by atoms with van der Waals surface area (Å²) in [5.41, 5.74) is 2.36. The van der Waals surface area contributed by atoms with Gasteiger partial charge in [0.25, 0.3) is 0 Å². The minimum absolute atomic E-state index is 0.331. The van der Waals surface area contributed by atoms with Crippen LogP contribution in [0.15, 0.2) is 36.7 Å². The van der Waals surface area contributed by atoms with Crippen LogP contribution in [0.2, 0.25) is 0 Å². The molecule has 0 bridgehead atoms. The van der Waals surface area contributed by atoms with E-state index in [9.17, 15) is 10.1 Å². The number of ether oxygens (including phenoxy) is 2. The van der Waals surface area contributed by atoms with Crippen molar-refractivity contribution in [3.05, 3.63) is 47.8 Å². The predicted octanol–water partition coefficient (Wildman–Crippen LogP) is 7.92. The molecule has 0 spiro atoms. The van der Waals surface area contributed by atoms with E-state index in [2.05, 4.69) is 47.2 Å². The molecule has 1 heterocycles. The molecule has 1 aliphatic carbocycles. The SMILES string of the molecule is CCCCCCCCc1cnc(-c2ccc([C@H]3CC[C@@](C#N)(OC(=O)OCCCC)CC3)cc2)nc1. The van der Waals surface area contributed by atoms with Gasteiger partial charge < -0.3 is 9.47 Å². The summed E-state index contributed by atoms with van der Waals surface area (Å²) < 4.78 is 10.6. The molecular weight excluding hydrogens is 450 g/mol. The van der Waals surface area contributed by atoms with E-state index in [4.69, 9.17) is 9.47 Å². The molecule has 194 valence electrons. The van der Waals surface area contributed by atoms with Gasteiger partial charge in [0.2, 0.25) is 5.60 Å². The van der Waals surface area contributed by atoms with Gasteiger partial charge in [-0.25, -0.2) is 14.8 Å². The molecule has 1 saturated carbocycles. The van der Waals surface area contributed by atoms with Crippen molar-refractivity contribution in [2.45, 2.75) is 109 Å². The fourth-order valence-electron chi connectivity index (χ4n) is 4.79. The number of hydrogen-bond acceptors (Lipinski definition) is 6. The van der Waals surface area contributed by atoms with E-state index >= 15 is 0 Å². The summed E-state index contributed by atoms with van der Waals surface area (Å²) in [6.07, 6.45) is 16.3. The molecule has 2 aromatic rings. The number of carbonyl (C=O) groups excluding carboxylic acids is 1. The zero-order chi connectivity index (χ0) is 25.6. The smallest absolute Gasteiger partial charge is 0.434 e. The molecule has 0 aliphatic heterocycles. The number of nitriles is 1. The molecule has 1 fully saturated rings. The number of unbranched alkanes of at least 4 members (excludes halogenated alkanes) is 6. The molecule has 0 saturated heterocycles. The third-order valence-corrected chi connectivity index (χ3v) is 7.16. The predicted molar refractivity (Wildman–Crippen MR) is 141 cm³/mol. The first kappa shape index (κ1) is 27.6. The summed E-state index contributed by atoms with van der Waals surface area (Å²) in [5, 5.41) is 9.70. The molecule has 0 unspecified atom stereocenters. The zero-order valence-corrected chi connectivity index (χ0v) is 22.0. The second-order valence-corrected chi connectivity index (χ2v) is 9.99. The third-order valence-electron chi connectivity index (χ3n) is 7.16. The maximum absolute atomic E-state index is 12.0. The Morgan fingerprint density at radius 2 is 1.61 bits per heavy atom. The molecule has 0 N–H and O–H groups in total. The van der Waals surface area contributed by atoms with E-state index in [0.29, 0.717) is 25.4 Å². The number of hydrogen-bond donors (Lipinski definition) is 0. The quantitative estimate of drug-likeness (QED) is 0.209. The van der Waals surface area contributed by atoms with E-state index in [1.807, 2.05) is 19.3 Å². The Balaban J connectivity index is 1.48. The van der Waals surface area contributed by atoms with Crippen molar-refractivity contribution in [3.63, 3.8) is 0 Å². The van der Waals surface area contributed by atoms with Gasteiger partial charge in [0.1, 0.15) is 6.07 Å². The summed E-state index contributed by atoms with van der Waals surface area (Å²) in [7, 11) is 0. The monoisotopic (exact) mass is 491 g/mol. The number of benzene rings is 1. The summed E-state index contributed by atoms with van der Waals surface area (Å²) in [4.78, 5) is 21.2. The summed E-state index contributed by atoms with van der Waals surface area (Å²) in [5.74, 6) is 1.08. The van der Waals surface area contributed by atoms with Crippen LogP contribution in [-0.2, 0) is 15.9 Å². The van der Waals surface area contributed by atoms with Gasteiger partial charge in [0.15, 0.2) is 5.82 Å². The number of aromatic nitrogens is 2. The van der Waals surface area contributed by atoms with E-state index in [1.54, 1.807) is 0 Å². The van der Waals surface area contributed by atoms with E-state index < -0.39 is 11.8 Å². The van der Waals surface area contributed by atoms with Crippen molar-refractivity contribution in [1.29, 1.82) is 5.26 Å². The van der Waals surface area contributed by atoms with Gasteiger partial charge in [-0.05, 0) is 49.1 Å². The maximum Gasteiger partial charge on any atom is 0.509 e. The number of rotatable bonds is 13. The average molecular weight is 492 g/mol. The third kappa shape index (κ3) is 8.33. The topological polar surface area (TPSA) is 85.1 Å². The first-order valence-corrected chi connectivity index (χ1v) is 13.8. The molecule has 6 heteroatoms.